The van der Waals surface area contributed by atoms with Crippen molar-refractivity contribution in [1.82, 2.24) is 5.32 Å². The van der Waals surface area contributed by atoms with E-state index in [9.17, 15) is 4.79 Å². The maximum Gasteiger partial charge on any atom is 0.251 e. The molecule has 2 aromatic carbocycles. The summed E-state index contributed by atoms with van der Waals surface area (Å²) in [4.78, 5) is 12.4. The molecule has 1 unspecified atom stereocenters. The van der Waals surface area contributed by atoms with Gasteiger partial charge in [0, 0.05) is 12.0 Å². The molecule has 0 aromatic heterocycles. The van der Waals surface area contributed by atoms with Crippen LogP contribution < -0.4 is 5.32 Å². The Labute approximate surface area is 133 Å². The van der Waals surface area contributed by atoms with Crippen LogP contribution in [0.15, 0.2) is 60.7 Å². The minimum absolute atomic E-state index is 0.0177. The zero-order chi connectivity index (χ0) is 16.0. The molecule has 0 fully saturated rings. The predicted octanol–water partition coefficient (Wildman–Crippen LogP) is 3.25. The summed E-state index contributed by atoms with van der Waals surface area (Å²) < 4.78 is 0.880. The van der Waals surface area contributed by atoms with E-state index in [-0.39, 0.29) is 11.9 Å². The van der Waals surface area contributed by atoms with Gasteiger partial charge in [-0.2, -0.15) is 0 Å². The van der Waals surface area contributed by atoms with Crippen LogP contribution in [0.5, 0.6) is 0 Å². The summed E-state index contributed by atoms with van der Waals surface area (Å²) in [5.74, 6) is -0.0177. The molecule has 2 rings (SSSR count). The van der Waals surface area contributed by atoms with Gasteiger partial charge in [-0.05, 0) is 17.7 Å². The smallest absolute Gasteiger partial charge is 0.251 e. The molecule has 0 bridgehead atoms. The number of nitrogens with zero attached hydrogens (tertiary/aromatic N) is 1. The Morgan fingerprint density at radius 2 is 1.50 bits per heavy atom. The third-order valence-electron chi connectivity index (χ3n) is 3.63. The Balaban J connectivity index is 2.12. The van der Waals surface area contributed by atoms with Crippen LogP contribution in [-0.2, 0) is 0 Å². The van der Waals surface area contributed by atoms with Gasteiger partial charge in [-0.1, -0.05) is 48.5 Å². The normalized spacial score (nSPS) is 12.7. The number of carbonyl (C=O) groups excluding carboxylic acids is 1. The van der Waals surface area contributed by atoms with Crippen molar-refractivity contribution in [2.75, 3.05) is 27.7 Å². The number of amides is 1. The summed E-state index contributed by atoms with van der Waals surface area (Å²) in [6.45, 7) is 0.995. The zero-order valence-corrected chi connectivity index (χ0v) is 13.6. The molecule has 1 atom stereocenters. The third kappa shape index (κ3) is 5.01. The van der Waals surface area contributed by atoms with E-state index in [1.807, 2.05) is 48.5 Å². The molecule has 0 heterocycles. The van der Waals surface area contributed by atoms with Gasteiger partial charge < -0.3 is 9.80 Å². The fourth-order valence-electron chi connectivity index (χ4n) is 2.36. The van der Waals surface area contributed by atoms with Gasteiger partial charge in [-0.15, -0.1) is 0 Å². The van der Waals surface area contributed by atoms with Crippen LogP contribution in [0, 0.1) is 0 Å². The Morgan fingerprint density at radius 3 is 2.05 bits per heavy atom. The number of rotatable bonds is 6. The van der Waals surface area contributed by atoms with Crippen molar-refractivity contribution in [2.24, 2.45) is 0 Å². The summed E-state index contributed by atoms with van der Waals surface area (Å²) in [5, 5.41) is 3.17. The lowest BCUT2D eigenvalue weighted by Gasteiger charge is -2.27. The topological polar surface area (TPSA) is 29.1 Å². The van der Waals surface area contributed by atoms with Gasteiger partial charge in [0.05, 0.1) is 33.7 Å². The highest BCUT2D eigenvalue weighted by Crippen LogP contribution is 2.18. The fourth-order valence-corrected chi connectivity index (χ4v) is 2.36. The van der Waals surface area contributed by atoms with E-state index >= 15 is 0 Å². The van der Waals surface area contributed by atoms with Crippen LogP contribution in [-0.4, -0.2) is 38.1 Å². The minimum Gasteiger partial charge on any atom is -0.345 e. The van der Waals surface area contributed by atoms with E-state index in [0.29, 0.717) is 5.56 Å². The molecule has 0 aliphatic heterocycles. The number of quaternary nitrogens is 1. The van der Waals surface area contributed by atoms with E-state index in [0.717, 1.165) is 23.0 Å². The lowest BCUT2D eigenvalue weighted by atomic mass is 10.0. The molecule has 0 spiro atoms. The molecule has 116 valence electrons. The highest BCUT2D eigenvalue weighted by molar-refractivity contribution is 5.94. The second kappa shape index (κ2) is 7.23. The van der Waals surface area contributed by atoms with Gasteiger partial charge in [0.2, 0.25) is 0 Å². The molecule has 22 heavy (non-hydrogen) atoms. The molecule has 1 N–H and O–H groups in total. The van der Waals surface area contributed by atoms with Crippen molar-refractivity contribution in [1.29, 1.82) is 0 Å². The van der Waals surface area contributed by atoms with Gasteiger partial charge in [0.15, 0.2) is 0 Å². The highest BCUT2D eigenvalue weighted by atomic mass is 16.1. The third-order valence-corrected chi connectivity index (χ3v) is 3.63. The van der Waals surface area contributed by atoms with Crippen LogP contribution in [0.25, 0.3) is 0 Å². The lowest BCUT2D eigenvalue weighted by molar-refractivity contribution is -0.870. The average Bonchev–Trinajstić information content (AvgIpc) is 2.52. The Hall–Kier alpha value is -2.13. The van der Waals surface area contributed by atoms with Gasteiger partial charge in [-0.3, -0.25) is 4.79 Å². The predicted molar refractivity (Wildman–Crippen MR) is 90.6 cm³/mol. The molecule has 2 aromatic rings. The summed E-state index contributed by atoms with van der Waals surface area (Å²) >= 11 is 0. The van der Waals surface area contributed by atoms with E-state index < -0.39 is 0 Å². The van der Waals surface area contributed by atoms with Crippen molar-refractivity contribution < 1.29 is 9.28 Å². The lowest BCUT2D eigenvalue weighted by Crippen LogP contribution is -2.38. The molecule has 0 saturated heterocycles. The van der Waals surface area contributed by atoms with Gasteiger partial charge in [0.1, 0.15) is 0 Å². The standard InChI is InChI=1S/C19H24N2O/c1-21(2,3)15-14-18(16-10-6-4-7-11-16)20-19(22)17-12-8-5-9-13-17/h4-13,18H,14-15H2,1-3H3/p+1. The summed E-state index contributed by atoms with van der Waals surface area (Å²) in [5.41, 5.74) is 1.86. The Bertz CT molecular complexity index is 588. The van der Waals surface area contributed by atoms with Crippen molar-refractivity contribution in [3.05, 3.63) is 71.8 Å². The molecule has 0 saturated carbocycles. The molecule has 0 aliphatic rings. The van der Waals surface area contributed by atoms with Crippen molar-refractivity contribution >= 4 is 5.91 Å². The maximum atomic E-state index is 12.4. The van der Waals surface area contributed by atoms with Crippen molar-refractivity contribution in [3.63, 3.8) is 0 Å². The first-order valence-corrected chi connectivity index (χ1v) is 7.67. The van der Waals surface area contributed by atoms with E-state index in [2.05, 4.69) is 38.6 Å². The number of hydrogen-bond donors (Lipinski definition) is 1. The van der Waals surface area contributed by atoms with Gasteiger partial charge in [-0.25, -0.2) is 0 Å². The van der Waals surface area contributed by atoms with Crippen LogP contribution in [0.1, 0.15) is 28.4 Å². The molecular weight excluding hydrogens is 272 g/mol. The van der Waals surface area contributed by atoms with Gasteiger partial charge >= 0.3 is 0 Å². The summed E-state index contributed by atoms with van der Waals surface area (Å²) in [7, 11) is 6.50. The van der Waals surface area contributed by atoms with Crippen LogP contribution in [0.2, 0.25) is 0 Å². The number of nitrogens with one attached hydrogen (secondary N) is 1. The Morgan fingerprint density at radius 1 is 0.955 bits per heavy atom. The quantitative estimate of drug-likeness (QED) is 0.815. The Kier molecular flexibility index (Phi) is 5.34. The molecular formula is C19H25N2O+. The molecule has 0 radical (unpaired) electrons. The van der Waals surface area contributed by atoms with Crippen LogP contribution >= 0.6 is 0 Å². The second-order valence-electron chi connectivity index (χ2n) is 6.61. The van der Waals surface area contributed by atoms with E-state index in [4.69, 9.17) is 0 Å². The number of benzene rings is 2. The monoisotopic (exact) mass is 297 g/mol. The minimum atomic E-state index is -0.0177. The summed E-state index contributed by atoms with van der Waals surface area (Å²) in [6, 6.07) is 19.6. The molecule has 3 heteroatoms. The zero-order valence-electron chi connectivity index (χ0n) is 13.6. The first-order valence-electron chi connectivity index (χ1n) is 7.67. The van der Waals surface area contributed by atoms with Crippen molar-refractivity contribution in [3.8, 4) is 0 Å². The van der Waals surface area contributed by atoms with E-state index in [1.165, 1.54) is 0 Å². The van der Waals surface area contributed by atoms with Crippen LogP contribution in [0.4, 0.5) is 0 Å². The van der Waals surface area contributed by atoms with Crippen LogP contribution in [0.3, 0.4) is 0 Å². The average molecular weight is 297 g/mol. The maximum absolute atomic E-state index is 12.4. The highest BCUT2D eigenvalue weighted by Gasteiger charge is 2.18. The van der Waals surface area contributed by atoms with Gasteiger partial charge in [0.25, 0.3) is 5.91 Å². The molecule has 1 amide bonds. The largest absolute Gasteiger partial charge is 0.345 e. The number of hydrogen-bond acceptors (Lipinski definition) is 1. The molecule has 3 nitrogen and oxygen atoms in total. The summed E-state index contributed by atoms with van der Waals surface area (Å²) in [6.07, 6.45) is 0.909. The first kappa shape index (κ1) is 16.2. The SMILES string of the molecule is C[N+](C)(C)CCC(NC(=O)c1ccccc1)c1ccccc1. The fraction of sp³-hybridized carbons (Fsp3) is 0.316. The van der Waals surface area contributed by atoms with E-state index in [1.54, 1.807) is 0 Å². The number of carbonyl (C=O) groups is 1. The first-order chi connectivity index (χ1) is 10.5. The molecule has 0 aliphatic carbocycles. The van der Waals surface area contributed by atoms with Crippen molar-refractivity contribution in [2.45, 2.75) is 12.5 Å². The second-order valence-corrected chi connectivity index (χ2v) is 6.61.